The van der Waals surface area contributed by atoms with Gasteiger partial charge < -0.3 is 9.15 Å². The first-order valence-electron chi connectivity index (χ1n) is 9.08. The number of aromatic nitrogens is 3. The van der Waals surface area contributed by atoms with Gasteiger partial charge in [-0.25, -0.2) is 4.79 Å². The van der Waals surface area contributed by atoms with Crippen LogP contribution in [0.1, 0.15) is 35.0 Å². The summed E-state index contributed by atoms with van der Waals surface area (Å²) >= 11 is 0. The molecule has 0 fully saturated rings. The van der Waals surface area contributed by atoms with Crippen LogP contribution in [0.25, 0.3) is 22.4 Å². The van der Waals surface area contributed by atoms with E-state index in [2.05, 4.69) is 15.2 Å². The Labute approximate surface area is 170 Å². The number of esters is 1. The quantitative estimate of drug-likeness (QED) is 0.272. The van der Waals surface area contributed by atoms with E-state index in [9.17, 15) is 14.9 Å². The van der Waals surface area contributed by atoms with Gasteiger partial charge in [0.05, 0.1) is 16.0 Å². The van der Waals surface area contributed by atoms with Crippen LogP contribution in [-0.2, 0) is 4.74 Å². The van der Waals surface area contributed by atoms with Crippen molar-refractivity contribution in [2.45, 2.75) is 20.0 Å². The van der Waals surface area contributed by atoms with Crippen molar-refractivity contribution in [2.24, 2.45) is 0 Å². The highest BCUT2D eigenvalue weighted by Gasteiger charge is 2.22. The second kappa shape index (κ2) is 7.70. The molecule has 0 bridgehead atoms. The standard InChI is InChI=1S/C21H16N4O5/c1-12-11-17(16-5-3-4-6-18(16)22-12)21(26)29-13(2)19-23-24-20(30-19)14-7-9-15(10-8-14)25(27)28/h3-11,13H,1-2H3/t13-/m1/s1. The normalized spacial score (nSPS) is 11.9. The number of nitro groups is 1. The van der Waals surface area contributed by atoms with Gasteiger partial charge in [0.2, 0.25) is 5.89 Å². The second-order valence-electron chi connectivity index (χ2n) is 6.63. The molecular formula is C21H16N4O5. The Bertz CT molecular complexity index is 1250. The lowest BCUT2D eigenvalue weighted by Crippen LogP contribution is -2.11. The summed E-state index contributed by atoms with van der Waals surface area (Å²) in [6.45, 7) is 3.43. The molecule has 0 aliphatic carbocycles. The molecule has 1 atom stereocenters. The Morgan fingerprint density at radius 2 is 1.87 bits per heavy atom. The summed E-state index contributed by atoms with van der Waals surface area (Å²) in [5, 5.41) is 19.3. The minimum absolute atomic E-state index is 0.0411. The molecule has 30 heavy (non-hydrogen) atoms. The molecule has 0 aliphatic rings. The molecule has 2 aromatic carbocycles. The monoisotopic (exact) mass is 404 g/mol. The molecule has 0 saturated heterocycles. The molecule has 0 saturated carbocycles. The molecule has 2 aromatic heterocycles. The van der Waals surface area contributed by atoms with Crippen molar-refractivity contribution < 1.29 is 18.9 Å². The van der Waals surface area contributed by atoms with Gasteiger partial charge in [0, 0.05) is 28.8 Å². The van der Waals surface area contributed by atoms with Crippen LogP contribution in [0.4, 0.5) is 5.69 Å². The zero-order valence-corrected chi connectivity index (χ0v) is 16.1. The van der Waals surface area contributed by atoms with Gasteiger partial charge in [-0.15, -0.1) is 10.2 Å². The van der Waals surface area contributed by atoms with E-state index >= 15 is 0 Å². The van der Waals surface area contributed by atoms with Crippen molar-refractivity contribution in [1.29, 1.82) is 0 Å². The number of benzene rings is 2. The Balaban J connectivity index is 1.54. The van der Waals surface area contributed by atoms with E-state index in [0.29, 0.717) is 27.7 Å². The number of para-hydroxylation sites is 1. The van der Waals surface area contributed by atoms with Crippen molar-refractivity contribution >= 4 is 22.6 Å². The summed E-state index contributed by atoms with van der Waals surface area (Å²) in [6.07, 6.45) is -0.788. The molecule has 0 aliphatic heterocycles. The summed E-state index contributed by atoms with van der Waals surface area (Å²) in [7, 11) is 0. The van der Waals surface area contributed by atoms with Crippen LogP contribution in [-0.4, -0.2) is 26.1 Å². The number of carbonyl (C=O) groups is 1. The lowest BCUT2D eigenvalue weighted by Gasteiger charge is -2.11. The summed E-state index contributed by atoms with van der Waals surface area (Å²) < 4.78 is 11.1. The van der Waals surface area contributed by atoms with E-state index in [0.717, 1.165) is 0 Å². The third kappa shape index (κ3) is 3.72. The Kier molecular flexibility index (Phi) is 4.93. The van der Waals surface area contributed by atoms with E-state index < -0.39 is 17.0 Å². The number of carbonyl (C=O) groups excluding carboxylic acids is 1. The molecule has 0 radical (unpaired) electrons. The first kappa shape index (κ1) is 19.2. The average molecular weight is 404 g/mol. The van der Waals surface area contributed by atoms with Gasteiger partial charge in [0.15, 0.2) is 6.10 Å². The zero-order chi connectivity index (χ0) is 21.3. The largest absolute Gasteiger partial charge is 0.449 e. The van der Waals surface area contributed by atoms with Gasteiger partial charge in [0.1, 0.15) is 0 Å². The Morgan fingerprint density at radius 3 is 2.60 bits per heavy atom. The van der Waals surface area contributed by atoms with Crippen LogP contribution in [0.2, 0.25) is 0 Å². The van der Waals surface area contributed by atoms with Crippen molar-refractivity contribution in [2.75, 3.05) is 0 Å². The molecule has 2 heterocycles. The van der Waals surface area contributed by atoms with Crippen LogP contribution in [0.5, 0.6) is 0 Å². The molecule has 150 valence electrons. The number of ether oxygens (including phenoxy) is 1. The van der Waals surface area contributed by atoms with Crippen LogP contribution < -0.4 is 0 Å². The van der Waals surface area contributed by atoms with Gasteiger partial charge in [-0.05, 0) is 38.1 Å². The maximum Gasteiger partial charge on any atom is 0.339 e. The van der Waals surface area contributed by atoms with Crippen LogP contribution >= 0.6 is 0 Å². The summed E-state index contributed by atoms with van der Waals surface area (Å²) in [5.41, 5.74) is 2.29. The van der Waals surface area contributed by atoms with Crippen molar-refractivity contribution in [3.63, 3.8) is 0 Å². The highest BCUT2D eigenvalue weighted by Crippen LogP contribution is 2.26. The maximum atomic E-state index is 12.8. The topological polar surface area (TPSA) is 121 Å². The van der Waals surface area contributed by atoms with Gasteiger partial charge in [0.25, 0.3) is 11.6 Å². The minimum Gasteiger partial charge on any atom is -0.449 e. The third-order valence-electron chi connectivity index (χ3n) is 4.46. The number of pyridine rings is 1. The van der Waals surface area contributed by atoms with Gasteiger partial charge in [-0.2, -0.15) is 0 Å². The molecule has 4 aromatic rings. The smallest absolute Gasteiger partial charge is 0.339 e. The number of hydrogen-bond acceptors (Lipinski definition) is 8. The molecule has 0 N–H and O–H groups in total. The van der Waals surface area contributed by atoms with E-state index in [4.69, 9.17) is 9.15 Å². The van der Waals surface area contributed by atoms with Crippen molar-refractivity contribution in [3.8, 4) is 11.5 Å². The number of nitrogens with zero attached hydrogens (tertiary/aromatic N) is 4. The highest BCUT2D eigenvalue weighted by atomic mass is 16.6. The highest BCUT2D eigenvalue weighted by molar-refractivity contribution is 6.03. The van der Waals surface area contributed by atoms with E-state index in [1.807, 2.05) is 24.3 Å². The SMILES string of the molecule is Cc1cc(C(=O)O[C@H](C)c2nnc(-c3ccc([N+](=O)[O-])cc3)o2)c2ccccc2n1. The van der Waals surface area contributed by atoms with Gasteiger partial charge in [-0.3, -0.25) is 15.1 Å². The van der Waals surface area contributed by atoms with Crippen LogP contribution in [0, 0.1) is 17.0 Å². The van der Waals surface area contributed by atoms with Gasteiger partial charge in [-0.1, -0.05) is 18.2 Å². The van der Waals surface area contributed by atoms with Crippen LogP contribution in [0.3, 0.4) is 0 Å². The summed E-state index contributed by atoms with van der Waals surface area (Å²) in [5.74, 6) is -0.237. The fourth-order valence-corrected chi connectivity index (χ4v) is 2.99. The molecule has 4 rings (SSSR count). The predicted molar refractivity (Wildman–Crippen MR) is 107 cm³/mol. The fourth-order valence-electron chi connectivity index (χ4n) is 2.99. The maximum absolute atomic E-state index is 12.8. The molecule has 0 amide bonds. The lowest BCUT2D eigenvalue weighted by molar-refractivity contribution is -0.384. The number of hydrogen-bond donors (Lipinski definition) is 0. The number of fused-ring (bicyclic) bond motifs is 1. The fraction of sp³-hybridized carbons (Fsp3) is 0.143. The molecule has 0 unspecified atom stereocenters. The number of nitro benzene ring substituents is 1. The molecule has 9 nitrogen and oxygen atoms in total. The molecular weight excluding hydrogens is 388 g/mol. The van der Waals surface area contributed by atoms with E-state index in [1.165, 1.54) is 24.3 Å². The Morgan fingerprint density at radius 1 is 1.13 bits per heavy atom. The van der Waals surface area contributed by atoms with Crippen molar-refractivity contribution in [3.05, 3.63) is 81.9 Å². The number of aryl methyl sites for hydroxylation is 1. The number of non-ortho nitro benzene ring substituents is 1. The average Bonchev–Trinajstić information content (AvgIpc) is 3.23. The third-order valence-corrected chi connectivity index (χ3v) is 4.46. The van der Waals surface area contributed by atoms with Gasteiger partial charge >= 0.3 is 5.97 Å². The second-order valence-corrected chi connectivity index (χ2v) is 6.63. The lowest BCUT2D eigenvalue weighted by atomic mass is 10.1. The summed E-state index contributed by atoms with van der Waals surface area (Å²) in [6, 6.07) is 14.7. The van der Waals surface area contributed by atoms with Crippen LogP contribution in [0.15, 0.2) is 59.0 Å². The van der Waals surface area contributed by atoms with Crippen molar-refractivity contribution in [1.82, 2.24) is 15.2 Å². The zero-order valence-electron chi connectivity index (χ0n) is 16.1. The predicted octanol–water partition coefficient (Wildman–Crippen LogP) is 4.42. The van der Waals surface area contributed by atoms with E-state index in [1.54, 1.807) is 19.9 Å². The minimum atomic E-state index is -0.788. The summed E-state index contributed by atoms with van der Waals surface area (Å²) in [4.78, 5) is 27.5. The first-order valence-corrected chi connectivity index (χ1v) is 9.08. The number of rotatable bonds is 5. The molecule has 9 heteroatoms. The first-order chi connectivity index (χ1) is 14.4. The van der Waals surface area contributed by atoms with E-state index in [-0.39, 0.29) is 17.5 Å². The molecule has 0 spiro atoms. The Hall–Kier alpha value is -4.14.